The van der Waals surface area contributed by atoms with E-state index in [-0.39, 0.29) is 12.1 Å². The van der Waals surface area contributed by atoms with Gasteiger partial charge >= 0.3 is 5.97 Å². The predicted octanol–water partition coefficient (Wildman–Crippen LogP) is 1.62. The molecule has 1 fully saturated rings. The maximum Gasteiger partial charge on any atom is 0.326 e. The van der Waals surface area contributed by atoms with E-state index in [9.17, 15) is 4.79 Å². The molecule has 0 bridgehead atoms. The van der Waals surface area contributed by atoms with E-state index >= 15 is 0 Å². The molecule has 0 aromatic carbocycles. The van der Waals surface area contributed by atoms with Crippen LogP contribution in [0.2, 0.25) is 0 Å². The molecule has 1 rings (SSSR count). The Labute approximate surface area is 97.5 Å². The lowest BCUT2D eigenvalue weighted by molar-refractivity contribution is -0.157. The predicted molar refractivity (Wildman–Crippen MR) is 62.1 cm³/mol. The first-order valence-corrected chi connectivity index (χ1v) is 6.07. The number of ether oxygens (including phenoxy) is 2. The van der Waals surface area contributed by atoms with Gasteiger partial charge < -0.3 is 15.2 Å². The van der Waals surface area contributed by atoms with Crippen LogP contribution in [-0.2, 0) is 14.3 Å². The lowest BCUT2D eigenvalue weighted by Gasteiger charge is -2.27. The summed E-state index contributed by atoms with van der Waals surface area (Å²) in [5.41, 5.74) is 5.37. The van der Waals surface area contributed by atoms with Gasteiger partial charge in [-0.25, -0.2) is 0 Å². The van der Waals surface area contributed by atoms with Gasteiger partial charge in [0, 0.05) is 7.11 Å². The first-order chi connectivity index (χ1) is 7.58. The second-order valence-corrected chi connectivity index (χ2v) is 4.74. The maximum atomic E-state index is 12.0. The highest BCUT2D eigenvalue weighted by atomic mass is 16.6. The fourth-order valence-corrected chi connectivity index (χ4v) is 2.13. The molecule has 0 saturated heterocycles. The van der Waals surface area contributed by atoms with E-state index in [2.05, 4.69) is 0 Å². The Morgan fingerprint density at radius 2 is 1.88 bits per heavy atom. The van der Waals surface area contributed by atoms with E-state index in [4.69, 9.17) is 15.2 Å². The summed E-state index contributed by atoms with van der Waals surface area (Å²) in [6.07, 6.45) is 5.63. The topological polar surface area (TPSA) is 61.5 Å². The minimum Gasteiger partial charge on any atom is -0.459 e. The highest BCUT2D eigenvalue weighted by Gasteiger charge is 2.36. The highest BCUT2D eigenvalue weighted by Crippen LogP contribution is 2.26. The molecule has 0 aromatic rings. The van der Waals surface area contributed by atoms with Crippen molar-refractivity contribution >= 4 is 5.97 Å². The van der Waals surface area contributed by atoms with Crippen LogP contribution >= 0.6 is 0 Å². The van der Waals surface area contributed by atoms with Gasteiger partial charge in [0.2, 0.25) is 0 Å². The van der Waals surface area contributed by atoms with E-state index in [1.54, 1.807) is 7.11 Å². The Morgan fingerprint density at radius 3 is 2.38 bits per heavy atom. The number of hydrogen-bond donors (Lipinski definition) is 1. The summed E-state index contributed by atoms with van der Waals surface area (Å²) in [5.74, 6) is -0.265. The highest BCUT2D eigenvalue weighted by molar-refractivity contribution is 5.80. The van der Waals surface area contributed by atoms with Gasteiger partial charge in [-0.05, 0) is 19.8 Å². The lowest BCUT2D eigenvalue weighted by atomic mass is 9.92. The molecule has 1 aliphatic carbocycles. The molecular formula is C12H23NO3. The fourth-order valence-electron chi connectivity index (χ4n) is 2.13. The first kappa shape index (κ1) is 13.5. The van der Waals surface area contributed by atoms with Crippen molar-refractivity contribution in [3.05, 3.63) is 0 Å². The van der Waals surface area contributed by atoms with Crippen molar-refractivity contribution in [1.82, 2.24) is 0 Å². The summed E-state index contributed by atoms with van der Waals surface area (Å²) < 4.78 is 10.2. The second kappa shape index (κ2) is 6.21. The molecule has 0 heterocycles. The lowest BCUT2D eigenvalue weighted by Crippen LogP contribution is -2.49. The zero-order valence-corrected chi connectivity index (χ0v) is 10.3. The smallest absolute Gasteiger partial charge is 0.326 e. The molecule has 1 aliphatic rings. The summed E-state index contributed by atoms with van der Waals surface area (Å²) in [7, 11) is 1.59. The minimum atomic E-state index is -0.765. The third-order valence-electron chi connectivity index (χ3n) is 3.11. The van der Waals surface area contributed by atoms with Crippen molar-refractivity contribution < 1.29 is 14.3 Å². The van der Waals surface area contributed by atoms with Crippen LogP contribution in [0, 0.1) is 0 Å². The van der Waals surface area contributed by atoms with Crippen LogP contribution in [-0.4, -0.2) is 31.3 Å². The van der Waals surface area contributed by atoms with Gasteiger partial charge in [0.05, 0.1) is 6.61 Å². The average Bonchev–Trinajstić information content (AvgIpc) is 2.44. The van der Waals surface area contributed by atoms with Crippen LogP contribution in [0.25, 0.3) is 0 Å². The number of nitrogens with two attached hydrogens (primary N) is 1. The van der Waals surface area contributed by atoms with Crippen LogP contribution < -0.4 is 5.73 Å². The molecule has 1 saturated carbocycles. The number of carbonyl (C=O) groups is 1. The summed E-state index contributed by atoms with van der Waals surface area (Å²) in [5, 5.41) is 0. The Kier molecular flexibility index (Phi) is 5.22. The van der Waals surface area contributed by atoms with E-state index in [1.165, 1.54) is 12.8 Å². The van der Waals surface area contributed by atoms with E-state index < -0.39 is 5.54 Å². The molecule has 2 N–H and O–H groups in total. The number of carbonyl (C=O) groups excluding carboxylic acids is 1. The van der Waals surface area contributed by atoms with Gasteiger partial charge in [0.15, 0.2) is 0 Å². The van der Waals surface area contributed by atoms with E-state index in [0.717, 1.165) is 25.7 Å². The summed E-state index contributed by atoms with van der Waals surface area (Å²) in [6, 6.07) is 0. The quantitative estimate of drug-likeness (QED) is 0.587. The van der Waals surface area contributed by atoms with Crippen molar-refractivity contribution in [3.63, 3.8) is 0 Å². The van der Waals surface area contributed by atoms with Crippen molar-refractivity contribution in [2.75, 3.05) is 13.7 Å². The largest absolute Gasteiger partial charge is 0.459 e. The van der Waals surface area contributed by atoms with Gasteiger partial charge in [0.1, 0.15) is 11.6 Å². The van der Waals surface area contributed by atoms with Crippen molar-refractivity contribution in [2.45, 2.75) is 57.1 Å². The summed E-state index contributed by atoms with van der Waals surface area (Å²) in [6.45, 7) is 2.24. The molecule has 0 spiro atoms. The molecule has 0 aliphatic heterocycles. The molecule has 0 aromatic heterocycles. The first-order valence-electron chi connectivity index (χ1n) is 6.07. The molecule has 1 unspecified atom stereocenters. The fraction of sp³-hybridized carbons (Fsp3) is 0.917. The minimum absolute atomic E-state index is 0.221. The zero-order valence-electron chi connectivity index (χ0n) is 10.3. The molecule has 1 atom stereocenters. The van der Waals surface area contributed by atoms with Gasteiger partial charge in [-0.2, -0.15) is 0 Å². The van der Waals surface area contributed by atoms with Crippen LogP contribution in [0.3, 0.4) is 0 Å². The van der Waals surface area contributed by atoms with Crippen LogP contribution in [0.1, 0.15) is 45.4 Å². The molecule has 4 heteroatoms. The van der Waals surface area contributed by atoms with Gasteiger partial charge in [-0.15, -0.1) is 0 Å². The Morgan fingerprint density at radius 1 is 1.31 bits per heavy atom. The monoisotopic (exact) mass is 229 g/mol. The zero-order chi connectivity index (χ0) is 12.0. The average molecular weight is 229 g/mol. The SMILES string of the molecule is COCC(C)OC(=O)C1(N)CCCCCC1. The molecule has 0 radical (unpaired) electrons. The standard InChI is InChI=1S/C12H23NO3/c1-10(9-15-2)16-11(14)12(13)7-5-3-4-6-8-12/h10H,3-9,13H2,1-2H3. The summed E-state index contributed by atoms with van der Waals surface area (Å²) >= 11 is 0. The summed E-state index contributed by atoms with van der Waals surface area (Å²) in [4.78, 5) is 12.0. The van der Waals surface area contributed by atoms with Gasteiger partial charge in [0.25, 0.3) is 0 Å². The van der Waals surface area contributed by atoms with Gasteiger partial charge in [-0.3, -0.25) is 4.79 Å². The molecular weight excluding hydrogens is 206 g/mol. The van der Waals surface area contributed by atoms with Crippen molar-refractivity contribution in [2.24, 2.45) is 5.73 Å². The van der Waals surface area contributed by atoms with Crippen molar-refractivity contribution in [3.8, 4) is 0 Å². The van der Waals surface area contributed by atoms with Crippen molar-refractivity contribution in [1.29, 1.82) is 0 Å². The number of rotatable bonds is 4. The van der Waals surface area contributed by atoms with Crippen LogP contribution in [0.15, 0.2) is 0 Å². The van der Waals surface area contributed by atoms with Crippen LogP contribution in [0.4, 0.5) is 0 Å². The molecule has 16 heavy (non-hydrogen) atoms. The molecule has 94 valence electrons. The normalized spacial score (nSPS) is 22.2. The van der Waals surface area contributed by atoms with E-state index in [1.807, 2.05) is 6.92 Å². The number of esters is 1. The van der Waals surface area contributed by atoms with Gasteiger partial charge in [-0.1, -0.05) is 25.7 Å². The third-order valence-corrected chi connectivity index (χ3v) is 3.11. The second-order valence-electron chi connectivity index (χ2n) is 4.74. The Bertz CT molecular complexity index is 222. The van der Waals surface area contributed by atoms with E-state index in [0.29, 0.717) is 6.61 Å². The maximum absolute atomic E-state index is 12.0. The van der Waals surface area contributed by atoms with Crippen LogP contribution in [0.5, 0.6) is 0 Å². The molecule has 4 nitrogen and oxygen atoms in total. The molecule has 0 amide bonds. The Balaban J connectivity index is 2.49. The Hall–Kier alpha value is -0.610. The number of methoxy groups -OCH3 is 1. The number of hydrogen-bond acceptors (Lipinski definition) is 4. The third kappa shape index (κ3) is 3.76.